The number of aryl methyl sites for hydroxylation is 1. The SMILES string of the molecule is Cc1cc(NS(=O)(=O)CCNC(=O)c2ccc(Cl)cc2Cl)no1. The Bertz CT molecular complexity index is 820. The standard InChI is InChI=1S/C13H13Cl2N3O4S/c1-8-6-12(17-22-8)18-23(20,21)5-4-16-13(19)10-3-2-9(14)7-11(10)15/h2-3,6-7H,4-5H2,1H3,(H,16,19)(H,17,18). The number of rotatable bonds is 6. The number of nitrogens with one attached hydrogen (secondary N) is 2. The molecule has 1 amide bonds. The molecule has 2 aromatic rings. The van der Waals surface area contributed by atoms with Gasteiger partial charge < -0.3 is 9.84 Å². The maximum absolute atomic E-state index is 11.9. The Kier molecular flexibility index (Phi) is 5.51. The van der Waals surface area contributed by atoms with Crippen LogP contribution in [0.1, 0.15) is 16.1 Å². The quantitative estimate of drug-likeness (QED) is 0.804. The molecule has 0 bridgehead atoms. The van der Waals surface area contributed by atoms with Crippen molar-refractivity contribution in [3.05, 3.63) is 45.6 Å². The third-order valence-corrected chi connectivity index (χ3v) is 4.53. The van der Waals surface area contributed by atoms with Gasteiger partial charge in [-0.25, -0.2) is 8.42 Å². The van der Waals surface area contributed by atoms with Crippen LogP contribution in [-0.2, 0) is 10.0 Å². The highest BCUT2D eigenvalue weighted by molar-refractivity contribution is 7.92. The second-order valence-electron chi connectivity index (χ2n) is 4.62. The van der Waals surface area contributed by atoms with Crippen LogP contribution in [0.25, 0.3) is 0 Å². The smallest absolute Gasteiger partial charge is 0.252 e. The van der Waals surface area contributed by atoms with Gasteiger partial charge in [0.2, 0.25) is 10.0 Å². The fourth-order valence-corrected chi connectivity index (χ4v) is 3.07. The molecule has 0 aliphatic heterocycles. The lowest BCUT2D eigenvalue weighted by Gasteiger charge is -2.08. The summed E-state index contributed by atoms with van der Waals surface area (Å²) in [5.41, 5.74) is 0.216. The molecule has 7 nitrogen and oxygen atoms in total. The second kappa shape index (κ2) is 7.20. The van der Waals surface area contributed by atoms with E-state index in [0.29, 0.717) is 10.8 Å². The normalized spacial score (nSPS) is 11.3. The molecule has 0 spiro atoms. The summed E-state index contributed by atoms with van der Waals surface area (Å²) in [6.07, 6.45) is 0. The van der Waals surface area contributed by atoms with Crippen LogP contribution in [-0.4, -0.2) is 31.8 Å². The highest BCUT2D eigenvalue weighted by atomic mass is 35.5. The van der Waals surface area contributed by atoms with Gasteiger partial charge in [0, 0.05) is 17.6 Å². The van der Waals surface area contributed by atoms with Crippen LogP contribution < -0.4 is 10.0 Å². The summed E-state index contributed by atoms with van der Waals surface area (Å²) in [6.45, 7) is 1.55. The van der Waals surface area contributed by atoms with Crippen LogP contribution in [0.4, 0.5) is 5.82 Å². The molecule has 0 atom stereocenters. The summed E-state index contributed by atoms with van der Waals surface area (Å²) in [7, 11) is -3.66. The lowest BCUT2D eigenvalue weighted by atomic mass is 10.2. The van der Waals surface area contributed by atoms with Crippen molar-refractivity contribution >= 4 is 45.0 Å². The van der Waals surface area contributed by atoms with E-state index in [1.807, 2.05) is 0 Å². The molecule has 1 aromatic carbocycles. The van der Waals surface area contributed by atoms with Gasteiger partial charge in [-0.05, 0) is 25.1 Å². The molecule has 2 rings (SSSR count). The number of sulfonamides is 1. The Morgan fingerprint density at radius 1 is 1.30 bits per heavy atom. The highest BCUT2D eigenvalue weighted by Gasteiger charge is 2.15. The second-order valence-corrected chi connectivity index (χ2v) is 7.31. The number of aromatic nitrogens is 1. The first-order chi connectivity index (χ1) is 10.8. The van der Waals surface area contributed by atoms with E-state index in [4.69, 9.17) is 27.7 Å². The largest absolute Gasteiger partial charge is 0.360 e. The first-order valence-corrected chi connectivity index (χ1v) is 8.85. The third kappa shape index (κ3) is 5.12. The highest BCUT2D eigenvalue weighted by Crippen LogP contribution is 2.20. The Morgan fingerprint density at radius 3 is 2.65 bits per heavy atom. The molecular formula is C13H13Cl2N3O4S. The molecule has 0 aliphatic rings. The minimum atomic E-state index is -3.66. The number of anilines is 1. The van der Waals surface area contributed by atoms with Crippen LogP contribution in [0.2, 0.25) is 10.0 Å². The molecule has 0 aliphatic carbocycles. The van der Waals surface area contributed by atoms with Crippen molar-refractivity contribution in [1.29, 1.82) is 0 Å². The van der Waals surface area contributed by atoms with Gasteiger partial charge in [0.1, 0.15) is 5.76 Å². The van der Waals surface area contributed by atoms with Crippen molar-refractivity contribution in [2.24, 2.45) is 0 Å². The van der Waals surface area contributed by atoms with E-state index in [0.717, 1.165) is 0 Å². The molecule has 0 saturated heterocycles. The zero-order valence-electron chi connectivity index (χ0n) is 12.0. The molecule has 0 unspecified atom stereocenters. The predicted molar refractivity (Wildman–Crippen MR) is 87.4 cm³/mol. The van der Waals surface area contributed by atoms with Crippen molar-refractivity contribution in [2.75, 3.05) is 17.0 Å². The summed E-state index contributed by atoms with van der Waals surface area (Å²) in [4.78, 5) is 11.9. The van der Waals surface area contributed by atoms with E-state index in [1.54, 1.807) is 6.92 Å². The molecule has 0 radical (unpaired) electrons. The summed E-state index contributed by atoms with van der Waals surface area (Å²) >= 11 is 11.7. The summed E-state index contributed by atoms with van der Waals surface area (Å²) < 4.78 is 30.7. The molecular weight excluding hydrogens is 365 g/mol. The van der Waals surface area contributed by atoms with Crippen LogP contribution in [0.15, 0.2) is 28.8 Å². The van der Waals surface area contributed by atoms with Crippen molar-refractivity contribution in [2.45, 2.75) is 6.92 Å². The first kappa shape index (κ1) is 17.6. The van der Waals surface area contributed by atoms with E-state index in [1.165, 1.54) is 24.3 Å². The van der Waals surface area contributed by atoms with E-state index in [-0.39, 0.29) is 28.7 Å². The van der Waals surface area contributed by atoms with Crippen molar-refractivity contribution in [3.63, 3.8) is 0 Å². The fraction of sp³-hybridized carbons (Fsp3) is 0.231. The van der Waals surface area contributed by atoms with E-state index >= 15 is 0 Å². The lowest BCUT2D eigenvalue weighted by Crippen LogP contribution is -2.31. The summed E-state index contributed by atoms with van der Waals surface area (Å²) in [6, 6.07) is 5.87. The number of benzene rings is 1. The lowest BCUT2D eigenvalue weighted by molar-refractivity contribution is 0.0956. The van der Waals surface area contributed by atoms with Crippen LogP contribution in [0.5, 0.6) is 0 Å². The van der Waals surface area contributed by atoms with E-state index < -0.39 is 15.9 Å². The average Bonchev–Trinajstić information content (AvgIpc) is 2.82. The monoisotopic (exact) mass is 377 g/mol. The number of carbonyl (C=O) groups is 1. The Morgan fingerprint density at radius 2 is 2.04 bits per heavy atom. The van der Waals surface area contributed by atoms with Gasteiger partial charge in [0.05, 0.1) is 16.3 Å². The van der Waals surface area contributed by atoms with Gasteiger partial charge in [-0.3, -0.25) is 9.52 Å². The molecule has 23 heavy (non-hydrogen) atoms. The van der Waals surface area contributed by atoms with Gasteiger partial charge in [-0.2, -0.15) is 0 Å². The van der Waals surface area contributed by atoms with Crippen LogP contribution in [0, 0.1) is 6.92 Å². The average molecular weight is 378 g/mol. The fourth-order valence-electron chi connectivity index (χ4n) is 1.69. The maximum Gasteiger partial charge on any atom is 0.252 e. The minimum Gasteiger partial charge on any atom is -0.360 e. The summed E-state index contributed by atoms with van der Waals surface area (Å²) in [5, 5.41) is 6.60. The molecule has 10 heteroatoms. The van der Waals surface area contributed by atoms with E-state index in [9.17, 15) is 13.2 Å². The van der Waals surface area contributed by atoms with Gasteiger partial charge in [0.25, 0.3) is 5.91 Å². The van der Waals surface area contributed by atoms with Gasteiger partial charge >= 0.3 is 0 Å². The van der Waals surface area contributed by atoms with E-state index in [2.05, 4.69) is 15.2 Å². The zero-order chi connectivity index (χ0) is 17.0. The maximum atomic E-state index is 11.9. The van der Waals surface area contributed by atoms with Crippen molar-refractivity contribution < 1.29 is 17.7 Å². The molecule has 1 aromatic heterocycles. The van der Waals surface area contributed by atoms with Crippen LogP contribution in [0.3, 0.4) is 0 Å². The number of nitrogens with zero attached hydrogens (tertiary/aromatic N) is 1. The Labute approximate surface area is 143 Å². The van der Waals surface area contributed by atoms with Crippen molar-refractivity contribution in [1.82, 2.24) is 10.5 Å². The Balaban J connectivity index is 1.89. The minimum absolute atomic E-state index is 0.0922. The topological polar surface area (TPSA) is 101 Å². The van der Waals surface area contributed by atoms with Gasteiger partial charge in [-0.1, -0.05) is 28.4 Å². The third-order valence-electron chi connectivity index (χ3n) is 2.72. The van der Waals surface area contributed by atoms with Gasteiger partial charge in [0.15, 0.2) is 5.82 Å². The zero-order valence-corrected chi connectivity index (χ0v) is 14.3. The number of amides is 1. The molecule has 2 N–H and O–H groups in total. The first-order valence-electron chi connectivity index (χ1n) is 6.44. The molecule has 0 fully saturated rings. The number of halogens is 2. The number of hydrogen-bond acceptors (Lipinski definition) is 5. The van der Waals surface area contributed by atoms with Gasteiger partial charge in [-0.15, -0.1) is 0 Å². The molecule has 1 heterocycles. The number of carbonyl (C=O) groups excluding carboxylic acids is 1. The predicted octanol–water partition coefficient (Wildman–Crippen LogP) is 2.46. The van der Waals surface area contributed by atoms with Crippen molar-refractivity contribution in [3.8, 4) is 0 Å². The van der Waals surface area contributed by atoms with Crippen LogP contribution >= 0.6 is 23.2 Å². The molecule has 124 valence electrons. The molecule has 0 saturated carbocycles. The number of hydrogen-bond donors (Lipinski definition) is 2. The Hall–Kier alpha value is -1.77. The summed E-state index contributed by atoms with van der Waals surface area (Å²) in [5.74, 6) is -0.238.